The molecule has 1 rings (SSSR count). The average Bonchev–Trinajstić information content (AvgIpc) is 3.11. The first kappa shape index (κ1) is 21.1. The van der Waals surface area contributed by atoms with E-state index in [-0.39, 0.29) is 0 Å². The summed E-state index contributed by atoms with van der Waals surface area (Å²) >= 11 is 0. The van der Waals surface area contributed by atoms with Crippen LogP contribution in [0.5, 0.6) is 0 Å². The van der Waals surface area contributed by atoms with Crippen molar-refractivity contribution in [1.29, 1.82) is 0 Å². The molecule has 0 spiro atoms. The fourth-order valence-electron chi connectivity index (χ4n) is 3.29. The zero-order chi connectivity index (χ0) is 17.1. The maximum absolute atomic E-state index is 3.20. The topological polar surface area (TPSA) is 15.8 Å². The first-order chi connectivity index (χ1) is 11.9. The van der Waals surface area contributed by atoms with Crippen LogP contribution in [0.3, 0.4) is 0 Å². The molecular formula is C23H41N. The maximum Gasteiger partial charge on any atom is 0.0377 e. The second kappa shape index (κ2) is 16.9. The summed E-state index contributed by atoms with van der Waals surface area (Å²) in [6.45, 7) is 2.29. The Labute approximate surface area is 151 Å². The van der Waals surface area contributed by atoms with Crippen LogP contribution in [0, 0.1) is 0 Å². The Hall–Kier alpha value is -0.980. The van der Waals surface area contributed by atoms with E-state index >= 15 is 0 Å². The van der Waals surface area contributed by atoms with Gasteiger partial charge in [-0.3, -0.25) is 0 Å². The lowest BCUT2D eigenvalue weighted by molar-refractivity contribution is 0.533. The molecule has 0 aliphatic heterocycles. The molecule has 0 bridgehead atoms. The zero-order valence-electron chi connectivity index (χ0n) is 16.2. The summed E-state index contributed by atoms with van der Waals surface area (Å²) in [5, 5.41) is 0. The largest absolute Gasteiger partial charge is 0.362 e. The van der Waals surface area contributed by atoms with Crippen molar-refractivity contribution in [3.63, 3.8) is 0 Å². The molecule has 0 aromatic carbocycles. The van der Waals surface area contributed by atoms with Gasteiger partial charge in [0.2, 0.25) is 0 Å². The lowest BCUT2D eigenvalue weighted by Gasteiger charge is -2.03. The van der Waals surface area contributed by atoms with Gasteiger partial charge in [-0.25, -0.2) is 0 Å². The molecule has 0 radical (unpaired) electrons. The van der Waals surface area contributed by atoms with Gasteiger partial charge in [0.05, 0.1) is 0 Å². The van der Waals surface area contributed by atoms with Crippen LogP contribution in [-0.4, -0.2) is 4.98 Å². The van der Waals surface area contributed by atoms with E-state index in [9.17, 15) is 0 Å². The molecule has 1 nitrogen and oxygen atoms in total. The van der Waals surface area contributed by atoms with Crippen LogP contribution >= 0.6 is 0 Å². The third-order valence-electron chi connectivity index (χ3n) is 4.89. The van der Waals surface area contributed by atoms with Gasteiger partial charge in [0.25, 0.3) is 0 Å². The molecule has 1 aromatic rings. The highest BCUT2D eigenvalue weighted by atomic mass is 14.7. The first-order valence-electron chi connectivity index (χ1n) is 10.7. The van der Waals surface area contributed by atoms with E-state index < -0.39 is 0 Å². The summed E-state index contributed by atoms with van der Waals surface area (Å²) in [6.07, 6.45) is 29.3. The van der Waals surface area contributed by atoms with Crippen molar-refractivity contribution >= 4 is 6.08 Å². The number of hydrogen-bond donors (Lipinski definition) is 1. The average molecular weight is 332 g/mol. The Morgan fingerprint density at radius 1 is 0.708 bits per heavy atom. The SMILES string of the molecule is CCCCCCCCCCCCCCCCC/C=C/c1ccc[nH]1. The molecule has 1 aromatic heterocycles. The number of nitrogens with one attached hydrogen (secondary N) is 1. The maximum atomic E-state index is 3.20. The molecule has 24 heavy (non-hydrogen) atoms. The smallest absolute Gasteiger partial charge is 0.0377 e. The molecule has 0 unspecified atom stereocenters. The molecule has 0 aliphatic rings. The summed E-state index contributed by atoms with van der Waals surface area (Å²) < 4.78 is 0. The third-order valence-corrected chi connectivity index (χ3v) is 4.89. The highest BCUT2D eigenvalue weighted by molar-refractivity contribution is 5.43. The minimum Gasteiger partial charge on any atom is -0.362 e. The quantitative estimate of drug-likeness (QED) is 0.276. The molecule has 138 valence electrons. The van der Waals surface area contributed by atoms with E-state index in [0.29, 0.717) is 0 Å². The van der Waals surface area contributed by atoms with Crippen LogP contribution in [0.15, 0.2) is 24.4 Å². The van der Waals surface area contributed by atoms with E-state index in [0.717, 1.165) is 0 Å². The van der Waals surface area contributed by atoms with Crippen LogP contribution in [0.4, 0.5) is 0 Å². The molecule has 1 heteroatoms. The second-order valence-electron chi connectivity index (χ2n) is 7.27. The normalized spacial score (nSPS) is 11.5. The fraction of sp³-hybridized carbons (Fsp3) is 0.739. The number of H-pyrrole nitrogens is 1. The van der Waals surface area contributed by atoms with E-state index in [2.05, 4.69) is 30.1 Å². The number of hydrogen-bond acceptors (Lipinski definition) is 0. The predicted molar refractivity (Wildman–Crippen MR) is 109 cm³/mol. The van der Waals surface area contributed by atoms with Crippen LogP contribution in [0.1, 0.15) is 115 Å². The number of unbranched alkanes of at least 4 members (excludes halogenated alkanes) is 15. The Morgan fingerprint density at radius 3 is 1.67 bits per heavy atom. The van der Waals surface area contributed by atoms with Gasteiger partial charge in [-0.2, -0.15) is 0 Å². The second-order valence-corrected chi connectivity index (χ2v) is 7.27. The van der Waals surface area contributed by atoms with Gasteiger partial charge in [0.1, 0.15) is 0 Å². The van der Waals surface area contributed by atoms with Gasteiger partial charge >= 0.3 is 0 Å². The van der Waals surface area contributed by atoms with E-state index in [1.54, 1.807) is 0 Å². The summed E-state index contributed by atoms with van der Waals surface area (Å²) in [4.78, 5) is 3.20. The number of allylic oxidation sites excluding steroid dienone is 1. The summed E-state index contributed by atoms with van der Waals surface area (Å²) in [5.41, 5.74) is 1.22. The highest BCUT2D eigenvalue weighted by Crippen LogP contribution is 2.13. The molecule has 0 amide bonds. The molecule has 1 heterocycles. The van der Waals surface area contributed by atoms with Crippen LogP contribution in [-0.2, 0) is 0 Å². The van der Waals surface area contributed by atoms with Crippen molar-refractivity contribution in [2.24, 2.45) is 0 Å². The number of rotatable bonds is 17. The highest BCUT2D eigenvalue weighted by Gasteiger charge is 1.94. The van der Waals surface area contributed by atoms with Crippen molar-refractivity contribution in [3.8, 4) is 0 Å². The third kappa shape index (κ3) is 13.5. The number of aromatic amines is 1. The first-order valence-corrected chi connectivity index (χ1v) is 10.7. The van der Waals surface area contributed by atoms with Gasteiger partial charge in [0.15, 0.2) is 0 Å². The van der Waals surface area contributed by atoms with Crippen molar-refractivity contribution < 1.29 is 0 Å². The zero-order valence-corrected chi connectivity index (χ0v) is 16.2. The Morgan fingerprint density at radius 2 is 1.21 bits per heavy atom. The van der Waals surface area contributed by atoms with Crippen LogP contribution in [0.2, 0.25) is 0 Å². The van der Waals surface area contributed by atoms with Gasteiger partial charge in [0, 0.05) is 11.9 Å². The summed E-state index contributed by atoms with van der Waals surface area (Å²) in [7, 11) is 0. The van der Waals surface area contributed by atoms with Gasteiger partial charge in [-0.15, -0.1) is 0 Å². The van der Waals surface area contributed by atoms with Crippen molar-refractivity contribution in [1.82, 2.24) is 4.98 Å². The fourth-order valence-corrected chi connectivity index (χ4v) is 3.29. The van der Waals surface area contributed by atoms with Gasteiger partial charge in [-0.05, 0) is 31.1 Å². The molecule has 0 aliphatic carbocycles. The van der Waals surface area contributed by atoms with E-state index in [1.807, 2.05) is 12.3 Å². The Balaban J connectivity index is 1.70. The monoisotopic (exact) mass is 331 g/mol. The molecule has 0 fully saturated rings. The summed E-state index contributed by atoms with van der Waals surface area (Å²) in [5.74, 6) is 0. The summed E-state index contributed by atoms with van der Waals surface area (Å²) in [6, 6.07) is 4.16. The standard InChI is InChI=1S/C23H41N/c1-2-3-4-5-6-7-8-9-10-11-12-13-14-15-16-17-18-20-23-21-19-22-24-23/h18-22,24H,2-17H2,1H3/b20-18+. The molecular weight excluding hydrogens is 290 g/mol. The molecule has 1 N–H and O–H groups in total. The Bertz CT molecular complexity index is 363. The van der Waals surface area contributed by atoms with E-state index in [4.69, 9.17) is 0 Å². The van der Waals surface area contributed by atoms with Crippen LogP contribution < -0.4 is 0 Å². The predicted octanol–water partition coefficient (Wildman–Crippen LogP) is 8.29. The number of aromatic nitrogens is 1. The lowest BCUT2D eigenvalue weighted by Crippen LogP contribution is -1.83. The van der Waals surface area contributed by atoms with Crippen molar-refractivity contribution in [2.45, 2.75) is 110 Å². The molecule has 0 saturated heterocycles. The van der Waals surface area contributed by atoms with Crippen LogP contribution in [0.25, 0.3) is 6.08 Å². The minimum atomic E-state index is 1.22. The lowest BCUT2D eigenvalue weighted by atomic mass is 10.0. The molecule has 0 atom stereocenters. The van der Waals surface area contributed by atoms with Crippen molar-refractivity contribution in [2.75, 3.05) is 0 Å². The minimum absolute atomic E-state index is 1.22. The van der Waals surface area contributed by atoms with Crippen molar-refractivity contribution in [3.05, 3.63) is 30.1 Å². The van der Waals surface area contributed by atoms with E-state index in [1.165, 1.54) is 108 Å². The Kier molecular flexibility index (Phi) is 14.8. The molecule has 0 saturated carbocycles. The van der Waals surface area contributed by atoms with Gasteiger partial charge in [-0.1, -0.05) is 103 Å². The van der Waals surface area contributed by atoms with Gasteiger partial charge < -0.3 is 4.98 Å².